The molecule has 0 saturated carbocycles. The maximum atomic E-state index is 5.92. The number of thiophene rings is 1. The van der Waals surface area contributed by atoms with E-state index < -0.39 is 0 Å². The number of hydrogen-bond acceptors (Lipinski definition) is 3. The van der Waals surface area contributed by atoms with Crippen molar-refractivity contribution in [2.45, 2.75) is 6.54 Å². The third-order valence-electron chi connectivity index (χ3n) is 2.38. The number of halogens is 2. The molecule has 96 valence electrons. The fourth-order valence-corrected chi connectivity index (χ4v) is 2.69. The monoisotopic (exact) mass is 431 g/mol. The number of hydrogen-bond donors (Lipinski definition) is 1. The summed E-state index contributed by atoms with van der Waals surface area (Å²) in [6.45, 7) is 3.79. The van der Waals surface area contributed by atoms with Gasteiger partial charge in [0.15, 0.2) is 5.96 Å². The highest BCUT2D eigenvalue weighted by atomic mass is 127. The minimum Gasteiger partial charge on any atom is -0.378 e. The van der Waals surface area contributed by atoms with Gasteiger partial charge >= 0.3 is 0 Å². The van der Waals surface area contributed by atoms with E-state index in [-0.39, 0.29) is 24.0 Å². The van der Waals surface area contributed by atoms with Crippen molar-refractivity contribution < 1.29 is 4.74 Å². The zero-order chi connectivity index (χ0) is 11.4. The van der Waals surface area contributed by atoms with Gasteiger partial charge in [0.2, 0.25) is 0 Å². The summed E-state index contributed by atoms with van der Waals surface area (Å²) >= 11 is 5.09. The van der Waals surface area contributed by atoms with Crippen molar-refractivity contribution in [2.24, 2.45) is 10.7 Å². The van der Waals surface area contributed by atoms with Crippen LogP contribution in [0.3, 0.4) is 0 Å². The Hall–Kier alpha value is 0.140. The summed E-state index contributed by atoms with van der Waals surface area (Å²) in [5.74, 6) is 0.616. The average Bonchev–Trinajstić information content (AvgIpc) is 2.73. The third kappa shape index (κ3) is 4.72. The van der Waals surface area contributed by atoms with Crippen molar-refractivity contribution in [1.82, 2.24) is 4.90 Å². The van der Waals surface area contributed by atoms with Gasteiger partial charge < -0.3 is 15.4 Å². The second-order valence-electron chi connectivity index (χ2n) is 3.53. The lowest BCUT2D eigenvalue weighted by Gasteiger charge is -2.27. The summed E-state index contributed by atoms with van der Waals surface area (Å²) in [6, 6.07) is 2.07. The van der Waals surface area contributed by atoms with E-state index in [1.807, 2.05) is 0 Å². The standard InChI is InChI=1S/C10H14BrN3OS.HI/c11-9-5-8(7-16-9)6-13-10(12)14-1-3-15-4-2-14;/h5,7H,1-4,6H2,(H2,12,13);1H. The Labute approximate surface area is 130 Å². The Morgan fingerprint density at radius 3 is 2.82 bits per heavy atom. The van der Waals surface area contributed by atoms with Gasteiger partial charge in [-0.15, -0.1) is 35.3 Å². The van der Waals surface area contributed by atoms with E-state index >= 15 is 0 Å². The van der Waals surface area contributed by atoms with Crippen LogP contribution < -0.4 is 5.73 Å². The molecule has 2 N–H and O–H groups in total. The van der Waals surface area contributed by atoms with Gasteiger partial charge in [0.25, 0.3) is 0 Å². The number of rotatable bonds is 2. The Bertz CT molecular complexity index is 379. The molecule has 0 aromatic carbocycles. The minimum atomic E-state index is 0. The molecule has 1 aromatic heterocycles. The molecule has 1 aliphatic rings. The van der Waals surface area contributed by atoms with Crippen LogP contribution in [0.25, 0.3) is 0 Å². The third-order valence-corrected chi connectivity index (χ3v) is 3.93. The van der Waals surface area contributed by atoms with Crippen molar-refractivity contribution in [2.75, 3.05) is 26.3 Å². The quantitative estimate of drug-likeness (QED) is 0.444. The molecule has 0 unspecified atom stereocenters. The first-order valence-corrected chi connectivity index (χ1v) is 6.78. The van der Waals surface area contributed by atoms with Crippen LogP contribution in [0.2, 0.25) is 0 Å². The van der Waals surface area contributed by atoms with Gasteiger partial charge in [-0.2, -0.15) is 0 Å². The molecule has 0 atom stereocenters. The number of aliphatic imine (C=N–C) groups is 1. The molecule has 0 aliphatic carbocycles. The molecule has 0 spiro atoms. The van der Waals surface area contributed by atoms with Gasteiger partial charge in [-0.05, 0) is 32.9 Å². The summed E-state index contributed by atoms with van der Waals surface area (Å²) < 4.78 is 6.39. The second-order valence-corrected chi connectivity index (χ2v) is 5.82. The Morgan fingerprint density at radius 1 is 1.53 bits per heavy atom. The molecule has 0 bridgehead atoms. The minimum absolute atomic E-state index is 0. The topological polar surface area (TPSA) is 50.8 Å². The molecule has 1 aliphatic heterocycles. The zero-order valence-electron chi connectivity index (χ0n) is 9.26. The van der Waals surface area contributed by atoms with Gasteiger partial charge in [-0.25, -0.2) is 4.99 Å². The van der Waals surface area contributed by atoms with Crippen molar-refractivity contribution >= 4 is 57.2 Å². The first-order chi connectivity index (χ1) is 7.75. The first-order valence-electron chi connectivity index (χ1n) is 5.11. The molecule has 7 heteroatoms. The van der Waals surface area contributed by atoms with Crippen LogP contribution in [0.1, 0.15) is 5.56 Å². The van der Waals surface area contributed by atoms with Crippen LogP contribution in [0.15, 0.2) is 20.2 Å². The molecule has 1 saturated heterocycles. The van der Waals surface area contributed by atoms with E-state index in [0.717, 1.165) is 30.1 Å². The van der Waals surface area contributed by atoms with Crippen LogP contribution in [0.5, 0.6) is 0 Å². The van der Waals surface area contributed by atoms with Gasteiger partial charge in [0.05, 0.1) is 23.5 Å². The van der Waals surface area contributed by atoms with Gasteiger partial charge in [-0.1, -0.05) is 0 Å². The average molecular weight is 432 g/mol. The second kappa shape index (κ2) is 7.55. The lowest BCUT2D eigenvalue weighted by atomic mass is 10.3. The van der Waals surface area contributed by atoms with Crippen molar-refractivity contribution in [3.05, 3.63) is 20.8 Å². The molecule has 2 rings (SSSR count). The van der Waals surface area contributed by atoms with Crippen LogP contribution in [-0.4, -0.2) is 37.2 Å². The lowest BCUT2D eigenvalue weighted by molar-refractivity contribution is 0.0674. The Morgan fingerprint density at radius 2 is 2.24 bits per heavy atom. The number of guanidine groups is 1. The van der Waals surface area contributed by atoms with Crippen LogP contribution in [-0.2, 0) is 11.3 Å². The number of nitrogens with zero attached hydrogens (tertiary/aromatic N) is 2. The molecule has 2 heterocycles. The maximum absolute atomic E-state index is 5.92. The number of morpholine rings is 1. The molecular formula is C10H15BrIN3OS. The van der Waals surface area contributed by atoms with E-state index in [2.05, 4.69) is 37.3 Å². The first kappa shape index (κ1) is 15.2. The zero-order valence-corrected chi connectivity index (χ0v) is 14.0. The van der Waals surface area contributed by atoms with Crippen LogP contribution in [0, 0.1) is 0 Å². The van der Waals surface area contributed by atoms with Gasteiger partial charge in [0, 0.05) is 13.1 Å². The summed E-state index contributed by atoms with van der Waals surface area (Å²) in [7, 11) is 0. The van der Waals surface area contributed by atoms with E-state index in [0.29, 0.717) is 12.5 Å². The summed E-state index contributed by atoms with van der Waals surface area (Å²) in [5, 5.41) is 2.08. The van der Waals surface area contributed by atoms with Crippen molar-refractivity contribution in [1.29, 1.82) is 0 Å². The maximum Gasteiger partial charge on any atom is 0.191 e. The Balaban J connectivity index is 0.00000144. The van der Waals surface area contributed by atoms with Crippen LogP contribution in [0.4, 0.5) is 0 Å². The number of ether oxygens (including phenoxy) is 1. The van der Waals surface area contributed by atoms with E-state index in [1.165, 1.54) is 5.56 Å². The fraction of sp³-hybridized carbons (Fsp3) is 0.500. The fourth-order valence-electron chi connectivity index (χ4n) is 1.49. The van der Waals surface area contributed by atoms with Crippen LogP contribution >= 0.6 is 51.2 Å². The molecular weight excluding hydrogens is 417 g/mol. The highest BCUT2D eigenvalue weighted by Gasteiger charge is 2.11. The summed E-state index contributed by atoms with van der Waals surface area (Å²) in [5.41, 5.74) is 7.10. The van der Waals surface area contributed by atoms with E-state index in [1.54, 1.807) is 11.3 Å². The van der Waals surface area contributed by atoms with Crippen molar-refractivity contribution in [3.8, 4) is 0 Å². The SMILES string of the molecule is I.NC(=NCc1csc(Br)c1)N1CCOCC1. The predicted octanol–water partition coefficient (Wildman–Crippen LogP) is 2.28. The molecule has 1 aromatic rings. The molecule has 0 radical (unpaired) electrons. The smallest absolute Gasteiger partial charge is 0.191 e. The molecule has 17 heavy (non-hydrogen) atoms. The Kier molecular flexibility index (Phi) is 6.75. The highest BCUT2D eigenvalue weighted by molar-refractivity contribution is 14.0. The van der Waals surface area contributed by atoms with E-state index in [4.69, 9.17) is 10.5 Å². The number of nitrogens with two attached hydrogens (primary N) is 1. The normalized spacial score (nSPS) is 16.8. The highest BCUT2D eigenvalue weighted by Crippen LogP contribution is 2.21. The molecule has 4 nitrogen and oxygen atoms in total. The molecule has 0 amide bonds. The van der Waals surface area contributed by atoms with E-state index in [9.17, 15) is 0 Å². The summed E-state index contributed by atoms with van der Waals surface area (Å²) in [6.07, 6.45) is 0. The lowest BCUT2D eigenvalue weighted by Crippen LogP contribution is -2.44. The predicted molar refractivity (Wildman–Crippen MR) is 85.2 cm³/mol. The van der Waals surface area contributed by atoms with Gasteiger partial charge in [-0.3, -0.25) is 0 Å². The molecule has 1 fully saturated rings. The van der Waals surface area contributed by atoms with Crippen molar-refractivity contribution in [3.63, 3.8) is 0 Å². The van der Waals surface area contributed by atoms with Gasteiger partial charge in [0.1, 0.15) is 0 Å². The largest absolute Gasteiger partial charge is 0.378 e. The summed E-state index contributed by atoms with van der Waals surface area (Å²) in [4.78, 5) is 6.44.